The quantitative estimate of drug-likeness (QED) is 0.615. The number of rotatable bonds is 9. The molecule has 0 bridgehead atoms. The maximum Gasteiger partial charge on any atom is 0.323 e. The third-order valence-corrected chi connectivity index (χ3v) is 3.64. The fraction of sp³-hybridized carbons (Fsp3) is 0.917. The van der Waals surface area contributed by atoms with E-state index in [2.05, 4.69) is 19.2 Å². The molecule has 16 heavy (non-hydrogen) atoms. The Bertz CT molecular complexity index is 209. The van der Waals surface area contributed by atoms with Crippen LogP contribution >= 0.6 is 11.8 Å². The molecular formula is C12H25NO2S. The molecule has 3 nitrogen and oxygen atoms in total. The van der Waals surface area contributed by atoms with Crippen LogP contribution in [0.2, 0.25) is 0 Å². The number of likely N-dealkylation sites (N-methyl/N-ethyl adjacent to an activating group) is 1. The van der Waals surface area contributed by atoms with Gasteiger partial charge >= 0.3 is 5.97 Å². The molecule has 1 unspecified atom stereocenters. The molecule has 0 aromatic heterocycles. The van der Waals surface area contributed by atoms with Crippen molar-refractivity contribution in [2.24, 2.45) is 5.92 Å². The van der Waals surface area contributed by atoms with E-state index >= 15 is 0 Å². The predicted octanol–water partition coefficient (Wildman–Crippen LogP) is 2.61. The van der Waals surface area contributed by atoms with Gasteiger partial charge in [-0.25, -0.2) is 0 Å². The van der Waals surface area contributed by atoms with Gasteiger partial charge in [0.15, 0.2) is 0 Å². The van der Waals surface area contributed by atoms with Crippen LogP contribution in [0.1, 0.15) is 40.5 Å². The van der Waals surface area contributed by atoms with E-state index in [4.69, 9.17) is 5.11 Å². The number of carbonyl (C=O) groups is 1. The summed E-state index contributed by atoms with van der Waals surface area (Å²) < 4.78 is 0. The summed E-state index contributed by atoms with van der Waals surface area (Å²) in [4.78, 5) is 11.1. The van der Waals surface area contributed by atoms with Gasteiger partial charge in [0, 0.05) is 0 Å². The van der Waals surface area contributed by atoms with Gasteiger partial charge in [0.25, 0.3) is 0 Å². The van der Waals surface area contributed by atoms with Crippen LogP contribution in [0.4, 0.5) is 0 Å². The van der Waals surface area contributed by atoms with Crippen molar-refractivity contribution in [1.29, 1.82) is 0 Å². The second-order valence-corrected chi connectivity index (χ2v) is 5.94. The molecular weight excluding hydrogens is 222 g/mol. The van der Waals surface area contributed by atoms with Crippen molar-refractivity contribution in [3.8, 4) is 0 Å². The predicted molar refractivity (Wildman–Crippen MR) is 71.1 cm³/mol. The average molecular weight is 247 g/mol. The molecule has 0 saturated heterocycles. The van der Waals surface area contributed by atoms with Gasteiger partial charge in [-0.05, 0) is 43.7 Å². The third-order valence-electron chi connectivity index (χ3n) is 2.62. The molecule has 0 radical (unpaired) electrons. The first-order valence-corrected chi connectivity index (χ1v) is 7.14. The van der Waals surface area contributed by atoms with Gasteiger partial charge in [-0.1, -0.05) is 20.8 Å². The van der Waals surface area contributed by atoms with E-state index in [1.807, 2.05) is 18.7 Å². The van der Waals surface area contributed by atoms with E-state index in [9.17, 15) is 4.79 Å². The largest absolute Gasteiger partial charge is 0.480 e. The van der Waals surface area contributed by atoms with Crippen LogP contribution < -0.4 is 5.32 Å². The molecule has 0 rings (SSSR count). The molecule has 1 atom stereocenters. The van der Waals surface area contributed by atoms with Gasteiger partial charge in [0.1, 0.15) is 5.54 Å². The lowest BCUT2D eigenvalue weighted by Crippen LogP contribution is -2.49. The van der Waals surface area contributed by atoms with Gasteiger partial charge in [0.2, 0.25) is 0 Å². The monoisotopic (exact) mass is 247 g/mol. The van der Waals surface area contributed by atoms with Gasteiger partial charge < -0.3 is 10.4 Å². The Labute approximate surface area is 103 Å². The third kappa shape index (κ3) is 6.38. The first kappa shape index (κ1) is 15.8. The highest BCUT2D eigenvalue weighted by atomic mass is 32.2. The summed E-state index contributed by atoms with van der Waals surface area (Å²) in [5.74, 6) is 2.01. The fourth-order valence-electron chi connectivity index (χ4n) is 1.36. The molecule has 0 aliphatic carbocycles. The van der Waals surface area contributed by atoms with Gasteiger partial charge in [0.05, 0.1) is 0 Å². The lowest BCUT2D eigenvalue weighted by Gasteiger charge is -2.25. The zero-order chi connectivity index (χ0) is 12.6. The standard InChI is InChI=1S/C12H25NO2S/c1-5-13-12(4,11(14)15)7-9-16-8-6-10(2)3/h10,13H,5-9H2,1-4H3,(H,14,15). The Morgan fingerprint density at radius 3 is 2.50 bits per heavy atom. The highest BCUT2D eigenvalue weighted by molar-refractivity contribution is 7.99. The molecule has 96 valence electrons. The number of carboxylic acid groups (broad SMARTS) is 1. The number of thioether (sulfide) groups is 1. The summed E-state index contributed by atoms with van der Waals surface area (Å²) in [5.41, 5.74) is -0.764. The van der Waals surface area contributed by atoms with Gasteiger partial charge in [-0.15, -0.1) is 0 Å². The Morgan fingerprint density at radius 1 is 1.44 bits per heavy atom. The van der Waals surface area contributed by atoms with Crippen molar-refractivity contribution in [3.05, 3.63) is 0 Å². The number of hydrogen-bond acceptors (Lipinski definition) is 3. The molecule has 4 heteroatoms. The van der Waals surface area contributed by atoms with Crippen LogP contribution in [0.15, 0.2) is 0 Å². The minimum Gasteiger partial charge on any atom is -0.480 e. The highest BCUT2D eigenvalue weighted by Gasteiger charge is 2.31. The first-order valence-electron chi connectivity index (χ1n) is 5.98. The molecule has 0 saturated carbocycles. The van der Waals surface area contributed by atoms with Crippen LogP contribution in [0.5, 0.6) is 0 Å². The van der Waals surface area contributed by atoms with Gasteiger partial charge in [-0.2, -0.15) is 11.8 Å². The fourth-order valence-corrected chi connectivity index (χ4v) is 2.75. The normalized spacial score (nSPS) is 15.1. The maximum atomic E-state index is 11.1. The summed E-state index contributed by atoms with van der Waals surface area (Å²) in [7, 11) is 0. The zero-order valence-corrected chi connectivity index (χ0v) is 11.7. The molecule has 0 amide bonds. The van der Waals surface area contributed by atoms with E-state index in [1.54, 1.807) is 6.92 Å². The second kappa shape index (κ2) is 7.96. The molecule has 0 aliphatic heterocycles. The molecule has 2 N–H and O–H groups in total. The van der Waals surface area contributed by atoms with Crippen molar-refractivity contribution in [1.82, 2.24) is 5.32 Å². The number of nitrogens with one attached hydrogen (secondary N) is 1. The minimum atomic E-state index is -0.764. The lowest BCUT2D eigenvalue weighted by molar-refractivity contribution is -0.144. The Morgan fingerprint density at radius 2 is 2.06 bits per heavy atom. The Kier molecular flexibility index (Phi) is 7.85. The average Bonchev–Trinajstić information content (AvgIpc) is 2.17. The van der Waals surface area contributed by atoms with E-state index in [1.165, 1.54) is 6.42 Å². The Hall–Kier alpha value is -0.220. The van der Waals surface area contributed by atoms with Crippen LogP contribution in [-0.4, -0.2) is 34.7 Å². The first-order chi connectivity index (χ1) is 7.42. The number of carboxylic acids is 1. The molecule has 0 heterocycles. The van der Waals surface area contributed by atoms with Crippen LogP contribution in [-0.2, 0) is 4.79 Å². The van der Waals surface area contributed by atoms with E-state index in [0.717, 1.165) is 17.4 Å². The highest BCUT2D eigenvalue weighted by Crippen LogP contribution is 2.16. The van der Waals surface area contributed by atoms with Crippen molar-refractivity contribution in [2.45, 2.75) is 46.1 Å². The van der Waals surface area contributed by atoms with E-state index < -0.39 is 11.5 Å². The van der Waals surface area contributed by atoms with Crippen molar-refractivity contribution in [2.75, 3.05) is 18.1 Å². The summed E-state index contributed by atoms with van der Waals surface area (Å²) >= 11 is 1.85. The van der Waals surface area contributed by atoms with Gasteiger partial charge in [-0.3, -0.25) is 4.79 Å². The topological polar surface area (TPSA) is 49.3 Å². The molecule has 0 aromatic carbocycles. The zero-order valence-electron chi connectivity index (χ0n) is 10.9. The minimum absolute atomic E-state index is 0.679. The summed E-state index contributed by atoms with van der Waals surface area (Å²) in [6.45, 7) is 8.82. The van der Waals surface area contributed by atoms with Crippen molar-refractivity contribution >= 4 is 17.7 Å². The molecule has 0 aromatic rings. The van der Waals surface area contributed by atoms with Crippen LogP contribution in [0.25, 0.3) is 0 Å². The summed E-state index contributed by atoms with van der Waals surface area (Å²) in [6, 6.07) is 0. The number of hydrogen-bond donors (Lipinski definition) is 2. The van der Waals surface area contributed by atoms with Crippen LogP contribution in [0.3, 0.4) is 0 Å². The molecule has 0 spiro atoms. The lowest BCUT2D eigenvalue weighted by atomic mass is 9.99. The SMILES string of the molecule is CCNC(C)(CCSCCC(C)C)C(=O)O. The van der Waals surface area contributed by atoms with E-state index in [0.29, 0.717) is 13.0 Å². The Balaban J connectivity index is 3.81. The van der Waals surface area contributed by atoms with Crippen molar-refractivity contribution < 1.29 is 9.90 Å². The maximum absolute atomic E-state index is 11.1. The second-order valence-electron chi connectivity index (χ2n) is 4.71. The summed E-state index contributed by atoms with van der Waals surface area (Å²) in [6.07, 6.45) is 1.88. The molecule has 0 aliphatic rings. The summed E-state index contributed by atoms with van der Waals surface area (Å²) in [5, 5.41) is 12.2. The van der Waals surface area contributed by atoms with E-state index in [-0.39, 0.29) is 0 Å². The van der Waals surface area contributed by atoms with Crippen LogP contribution in [0, 0.1) is 5.92 Å². The number of aliphatic carboxylic acids is 1. The van der Waals surface area contributed by atoms with Crippen molar-refractivity contribution in [3.63, 3.8) is 0 Å². The molecule has 0 fully saturated rings. The smallest absolute Gasteiger partial charge is 0.323 e.